The largest absolute Gasteiger partial charge is 0.573 e. The summed E-state index contributed by atoms with van der Waals surface area (Å²) in [4.78, 5) is 27.4. The second kappa shape index (κ2) is 8.46. The zero-order chi connectivity index (χ0) is 23.0. The highest BCUT2D eigenvalue weighted by Crippen LogP contribution is 2.42. The number of ether oxygens (including phenoxy) is 1. The van der Waals surface area contributed by atoms with Crippen molar-refractivity contribution in [3.63, 3.8) is 0 Å². The van der Waals surface area contributed by atoms with Crippen molar-refractivity contribution in [2.75, 3.05) is 11.4 Å². The Bertz CT molecular complexity index is 1180. The van der Waals surface area contributed by atoms with Crippen LogP contribution in [-0.2, 0) is 19.3 Å². The zero-order valence-corrected chi connectivity index (χ0v) is 17.7. The highest BCUT2D eigenvalue weighted by molar-refractivity contribution is 6.06. The fourth-order valence-corrected chi connectivity index (χ4v) is 4.09. The molecule has 170 valence electrons. The third-order valence-corrected chi connectivity index (χ3v) is 5.83. The summed E-state index contributed by atoms with van der Waals surface area (Å²) in [6.45, 7) is 0.562. The van der Waals surface area contributed by atoms with Crippen LogP contribution in [0.3, 0.4) is 0 Å². The van der Waals surface area contributed by atoms with Crippen molar-refractivity contribution in [3.8, 4) is 5.75 Å². The lowest BCUT2D eigenvalue weighted by Gasteiger charge is -2.15. The molecule has 0 bridgehead atoms. The molecule has 0 spiro atoms. The van der Waals surface area contributed by atoms with Crippen molar-refractivity contribution in [2.45, 2.75) is 44.4 Å². The predicted octanol–water partition coefficient (Wildman–Crippen LogP) is 4.64. The van der Waals surface area contributed by atoms with Crippen molar-refractivity contribution in [1.29, 1.82) is 0 Å². The first kappa shape index (κ1) is 21.4. The molecule has 6 nitrogen and oxygen atoms in total. The minimum Gasteiger partial charge on any atom is -0.406 e. The van der Waals surface area contributed by atoms with Gasteiger partial charge in [0.25, 0.3) is 5.91 Å². The molecule has 0 N–H and O–H groups in total. The number of aryl methyl sites for hydroxylation is 2. The van der Waals surface area contributed by atoms with Crippen LogP contribution in [0.1, 0.15) is 51.6 Å². The number of pyridine rings is 1. The number of alkyl halides is 3. The summed E-state index contributed by atoms with van der Waals surface area (Å²) in [5.41, 5.74) is 3.01. The third-order valence-electron chi connectivity index (χ3n) is 5.83. The van der Waals surface area contributed by atoms with Crippen LogP contribution in [0.15, 0.2) is 48.9 Å². The number of hydrogen-bond donors (Lipinski definition) is 0. The first-order chi connectivity index (χ1) is 15.9. The third kappa shape index (κ3) is 4.97. The number of hydrogen-bond acceptors (Lipinski definition) is 5. The summed E-state index contributed by atoms with van der Waals surface area (Å²) in [5.74, 6) is 1.08. The van der Waals surface area contributed by atoms with Crippen LogP contribution in [0.5, 0.6) is 5.75 Å². The molecule has 1 saturated carbocycles. The topological polar surface area (TPSA) is 68.2 Å². The Morgan fingerprint density at radius 1 is 1.09 bits per heavy atom. The lowest BCUT2D eigenvalue weighted by Crippen LogP contribution is -2.29. The van der Waals surface area contributed by atoms with Gasteiger partial charge in [0.2, 0.25) is 0 Å². The van der Waals surface area contributed by atoms with E-state index in [1.54, 1.807) is 11.1 Å². The van der Waals surface area contributed by atoms with E-state index in [0.717, 1.165) is 36.0 Å². The van der Waals surface area contributed by atoms with E-state index in [1.807, 2.05) is 18.2 Å². The summed E-state index contributed by atoms with van der Waals surface area (Å²) in [6, 6.07) is 8.62. The van der Waals surface area contributed by atoms with Gasteiger partial charge < -0.3 is 4.74 Å². The predicted molar refractivity (Wildman–Crippen MR) is 114 cm³/mol. The van der Waals surface area contributed by atoms with Gasteiger partial charge in [-0.1, -0.05) is 12.1 Å². The van der Waals surface area contributed by atoms with E-state index in [0.29, 0.717) is 42.5 Å². The standard InChI is InChI=1S/C24H21F3N4O2/c25-24(26,27)33-20-11-15(10-18(12-20)16-4-5-16)3-6-21-29-13-19(14-30-21)23(32)31-9-7-17-2-1-8-28-22(17)31/h1-2,8,10-14,16H,3-7,9H2. The fourth-order valence-electron chi connectivity index (χ4n) is 4.09. The van der Waals surface area contributed by atoms with Gasteiger partial charge in [-0.25, -0.2) is 15.0 Å². The number of rotatable bonds is 6. The number of anilines is 1. The van der Waals surface area contributed by atoms with Crippen LogP contribution in [0.2, 0.25) is 0 Å². The van der Waals surface area contributed by atoms with Gasteiger partial charge in [-0.05, 0) is 66.5 Å². The van der Waals surface area contributed by atoms with Gasteiger partial charge in [0.1, 0.15) is 17.4 Å². The van der Waals surface area contributed by atoms with Gasteiger partial charge in [-0.2, -0.15) is 0 Å². The highest BCUT2D eigenvalue weighted by atomic mass is 19.4. The number of carbonyl (C=O) groups excluding carboxylic acids is 1. The maximum absolute atomic E-state index is 12.9. The molecule has 1 aromatic carbocycles. The van der Waals surface area contributed by atoms with Crippen molar-refractivity contribution in [3.05, 3.63) is 77.0 Å². The molecular formula is C24H21F3N4O2. The summed E-state index contributed by atoms with van der Waals surface area (Å²) in [5, 5.41) is 0. The van der Waals surface area contributed by atoms with E-state index < -0.39 is 6.36 Å². The fraction of sp³-hybridized carbons (Fsp3) is 0.333. The molecule has 5 rings (SSSR count). The van der Waals surface area contributed by atoms with Crippen LogP contribution in [-0.4, -0.2) is 33.8 Å². The molecule has 0 saturated heterocycles. The van der Waals surface area contributed by atoms with Crippen LogP contribution in [0.4, 0.5) is 19.0 Å². The van der Waals surface area contributed by atoms with Crippen LogP contribution >= 0.6 is 0 Å². The minimum atomic E-state index is -4.73. The first-order valence-electron chi connectivity index (χ1n) is 10.8. The maximum Gasteiger partial charge on any atom is 0.573 e. The summed E-state index contributed by atoms with van der Waals surface area (Å²) in [6.07, 6.45) is 3.52. The quantitative estimate of drug-likeness (QED) is 0.543. The number of fused-ring (bicyclic) bond motifs is 1. The van der Waals surface area contributed by atoms with E-state index in [4.69, 9.17) is 0 Å². The molecule has 0 atom stereocenters. The molecule has 9 heteroatoms. The molecule has 1 amide bonds. The number of aromatic nitrogens is 3. The van der Waals surface area contributed by atoms with Gasteiger partial charge in [0.05, 0.1) is 5.56 Å². The number of benzene rings is 1. The molecule has 2 aliphatic rings. The van der Waals surface area contributed by atoms with Gasteiger partial charge >= 0.3 is 6.36 Å². The molecule has 0 radical (unpaired) electrons. The Morgan fingerprint density at radius 2 is 1.88 bits per heavy atom. The second-order valence-electron chi connectivity index (χ2n) is 8.31. The molecule has 0 unspecified atom stereocenters. The normalized spacial score (nSPS) is 15.4. The lowest BCUT2D eigenvalue weighted by atomic mass is 10.0. The number of nitrogens with zero attached hydrogens (tertiary/aromatic N) is 4. The lowest BCUT2D eigenvalue weighted by molar-refractivity contribution is -0.274. The van der Waals surface area contributed by atoms with Crippen LogP contribution in [0, 0.1) is 0 Å². The number of halogens is 3. The van der Waals surface area contributed by atoms with E-state index in [1.165, 1.54) is 24.5 Å². The summed E-state index contributed by atoms with van der Waals surface area (Å²) >= 11 is 0. The summed E-state index contributed by atoms with van der Waals surface area (Å²) < 4.78 is 42.2. The Morgan fingerprint density at radius 3 is 2.61 bits per heavy atom. The van der Waals surface area contributed by atoms with Crippen LogP contribution in [0.25, 0.3) is 0 Å². The monoisotopic (exact) mass is 454 g/mol. The van der Waals surface area contributed by atoms with Gasteiger partial charge in [0, 0.05) is 31.6 Å². The maximum atomic E-state index is 12.9. The van der Waals surface area contributed by atoms with Crippen LogP contribution < -0.4 is 9.64 Å². The first-order valence-corrected chi connectivity index (χ1v) is 10.8. The second-order valence-corrected chi connectivity index (χ2v) is 8.31. The Labute approximate surface area is 188 Å². The van der Waals surface area contributed by atoms with E-state index in [-0.39, 0.29) is 11.7 Å². The number of carbonyl (C=O) groups is 1. The molecule has 1 aliphatic carbocycles. The highest BCUT2D eigenvalue weighted by Gasteiger charge is 2.32. The van der Waals surface area contributed by atoms with Gasteiger partial charge in [0.15, 0.2) is 0 Å². The van der Waals surface area contributed by atoms with Gasteiger partial charge in [-0.3, -0.25) is 9.69 Å². The number of amides is 1. The molecule has 1 fully saturated rings. The zero-order valence-electron chi connectivity index (χ0n) is 17.7. The van der Waals surface area contributed by atoms with E-state index in [2.05, 4.69) is 19.7 Å². The minimum absolute atomic E-state index is 0.191. The molecule has 3 aromatic rings. The van der Waals surface area contributed by atoms with E-state index >= 15 is 0 Å². The SMILES string of the molecule is O=C(c1cnc(CCc2cc(OC(F)(F)F)cc(C3CC3)c2)nc1)N1CCc2cccnc21. The van der Waals surface area contributed by atoms with Crippen molar-refractivity contribution in [2.24, 2.45) is 0 Å². The summed E-state index contributed by atoms with van der Waals surface area (Å²) in [7, 11) is 0. The van der Waals surface area contributed by atoms with E-state index in [9.17, 15) is 18.0 Å². The molecule has 2 aromatic heterocycles. The molecule has 1 aliphatic heterocycles. The van der Waals surface area contributed by atoms with Crippen molar-refractivity contribution in [1.82, 2.24) is 15.0 Å². The van der Waals surface area contributed by atoms with Crippen molar-refractivity contribution >= 4 is 11.7 Å². The Kier molecular flexibility index (Phi) is 5.47. The molecular weight excluding hydrogens is 433 g/mol. The smallest absolute Gasteiger partial charge is 0.406 e. The average Bonchev–Trinajstić information content (AvgIpc) is 3.55. The molecule has 33 heavy (non-hydrogen) atoms. The average molecular weight is 454 g/mol. The Balaban J connectivity index is 1.26. The van der Waals surface area contributed by atoms with Gasteiger partial charge in [-0.15, -0.1) is 13.2 Å². The van der Waals surface area contributed by atoms with Crippen molar-refractivity contribution < 1.29 is 22.7 Å². The Hall–Kier alpha value is -3.49. The molecule has 3 heterocycles.